The Morgan fingerprint density at radius 3 is 2.83 bits per heavy atom. The van der Waals surface area contributed by atoms with Crippen molar-refractivity contribution >= 4 is 11.8 Å². The second kappa shape index (κ2) is 9.15. The van der Waals surface area contributed by atoms with Crippen LogP contribution in [-0.2, 0) is 6.54 Å². The Morgan fingerprint density at radius 2 is 2.13 bits per heavy atom. The van der Waals surface area contributed by atoms with E-state index < -0.39 is 0 Å². The van der Waals surface area contributed by atoms with Crippen molar-refractivity contribution in [1.29, 1.82) is 0 Å². The SMILES string of the molecule is C=CCNC(=NCc1ccnc(N2CCN(C)CC2)c1)NCC. The highest BCUT2D eigenvalue weighted by Crippen LogP contribution is 2.15. The Hall–Kier alpha value is -2.08. The van der Waals surface area contributed by atoms with Crippen LogP contribution in [0.2, 0.25) is 0 Å². The molecule has 0 amide bonds. The number of rotatable bonds is 6. The summed E-state index contributed by atoms with van der Waals surface area (Å²) in [5, 5.41) is 6.44. The zero-order valence-corrected chi connectivity index (χ0v) is 14.3. The Labute approximate surface area is 139 Å². The molecule has 0 unspecified atom stereocenters. The molecule has 1 fully saturated rings. The van der Waals surface area contributed by atoms with Crippen molar-refractivity contribution in [2.45, 2.75) is 13.5 Å². The van der Waals surface area contributed by atoms with E-state index in [0.717, 1.165) is 44.5 Å². The lowest BCUT2D eigenvalue weighted by Crippen LogP contribution is -2.44. The van der Waals surface area contributed by atoms with Crippen LogP contribution in [0.25, 0.3) is 0 Å². The Morgan fingerprint density at radius 1 is 1.35 bits per heavy atom. The average molecular weight is 316 g/mol. The van der Waals surface area contributed by atoms with Crippen LogP contribution in [0, 0.1) is 0 Å². The van der Waals surface area contributed by atoms with E-state index in [4.69, 9.17) is 0 Å². The molecule has 6 heteroatoms. The van der Waals surface area contributed by atoms with E-state index in [1.807, 2.05) is 18.3 Å². The molecule has 0 saturated carbocycles. The number of guanidine groups is 1. The fourth-order valence-electron chi connectivity index (χ4n) is 2.45. The fraction of sp³-hybridized carbons (Fsp3) is 0.529. The van der Waals surface area contributed by atoms with Gasteiger partial charge in [0, 0.05) is 45.5 Å². The molecule has 1 saturated heterocycles. The lowest BCUT2D eigenvalue weighted by atomic mass is 10.2. The molecule has 2 rings (SSSR count). The summed E-state index contributed by atoms with van der Waals surface area (Å²) in [7, 11) is 2.16. The third kappa shape index (κ3) is 5.56. The predicted octanol–water partition coefficient (Wildman–Crippen LogP) is 1.07. The highest BCUT2D eigenvalue weighted by Gasteiger charge is 2.15. The number of pyridine rings is 1. The molecule has 2 N–H and O–H groups in total. The smallest absolute Gasteiger partial charge is 0.191 e. The van der Waals surface area contributed by atoms with E-state index in [2.05, 4.69) is 57.0 Å². The molecule has 0 aromatic carbocycles. The van der Waals surface area contributed by atoms with E-state index in [0.29, 0.717) is 13.1 Å². The first-order valence-corrected chi connectivity index (χ1v) is 8.24. The summed E-state index contributed by atoms with van der Waals surface area (Å²) in [5.74, 6) is 1.86. The monoisotopic (exact) mass is 316 g/mol. The number of piperazine rings is 1. The van der Waals surface area contributed by atoms with Crippen molar-refractivity contribution in [2.75, 3.05) is 51.2 Å². The zero-order valence-electron chi connectivity index (χ0n) is 14.3. The van der Waals surface area contributed by atoms with Gasteiger partial charge in [0.05, 0.1) is 6.54 Å². The van der Waals surface area contributed by atoms with Crippen LogP contribution in [0.15, 0.2) is 36.0 Å². The zero-order chi connectivity index (χ0) is 16.5. The molecule has 2 heterocycles. The number of nitrogens with one attached hydrogen (secondary N) is 2. The number of hydrogen-bond acceptors (Lipinski definition) is 4. The summed E-state index contributed by atoms with van der Waals surface area (Å²) in [6.45, 7) is 12.2. The van der Waals surface area contributed by atoms with Crippen LogP contribution >= 0.6 is 0 Å². The van der Waals surface area contributed by atoms with Crippen LogP contribution in [0.3, 0.4) is 0 Å². The lowest BCUT2D eigenvalue weighted by Gasteiger charge is -2.33. The van der Waals surface area contributed by atoms with Gasteiger partial charge < -0.3 is 20.4 Å². The first-order valence-electron chi connectivity index (χ1n) is 8.24. The molecular weight excluding hydrogens is 288 g/mol. The van der Waals surface area contributed by atoms with Crippen molar-refractivity contribution < 1.29 is 0 Å². The normalized spacial score (nSPS) is 16.3. The van der Waals surface area contributed by atoms with Crippen LogP contribution in [0.4, 0.5) is 5.82 Å². The molecule has 1 aromatic rings. The van der Waals surface area contributed by atoms with Crippen molar-refractivity contribution in [3.8, 4) is 0 Å². The van der Waals surface area contributed by atoms with Gasteiger partial charge >= 0.3 is 0 Å². The first kappa shape index (κ1) is 17.3. The minimum Gasteiger partial charge on any atom is -0.357 e. The summed E-state index contributed by atoms with van der Waals surface area (Å²) >= 11 is 0. The highest BCUT2D eigenvalue weighted by atomic mass is 15.3. The minimum atomic E-state index is 0.635. The van der Waals surface area contributed by atoms with Gasteiger partial charge in [0.15, 0.2) is 5.96 Å². The van der Waals surface area contributed by atoms with Gasteiger partial charge in [-0.25, -0.2) is 9.98 Å². The number of aromatic nitrogens is 1. The number of aliphatic imine (C=N–C) groups is 1. The van der Waals surface area contributed by atoms with Crippen LogP contribution in [0.1, 0.15) is 12.5 Å². The van der Waals surface area contributed by atoms with Gasteiger partial charge in [0.25, 0.3) is 0 Å². The van der Waals surface area contributed by atoms with E-state index in [9.17, 15) is 0 Å². The van der Waals surface area contributed by atoms with Gasteiger partial charge in [0.1, 0.15) is 5.82 Å². The molecule has 1 aromatic heterocycles. The Kier molecular flexibility index (Phi) is 6.87. The molecule has 0 bridgehead atoms. The van der Waals surface area contributed by atoms with E-state index in [-0.39, 0.29) is 0 Å². The van der Waals surface area contributed by atoms with E-state index >= 15 is 0 Å². The third-order valence-electron chi connectivity index (χ3n) is 3.81. The Balaban J connectivity index is 1.99. The number of likely N-dealkylation sites (N-methyl/N-ethyl adjacent to an activating group) is 1. The molecule has 1 aliphatic heterocycles. The topological polar surface area (TPSA) is 55.8 Å². The predicted molar refractivity (Wildman–Crippen MR) is 97.0 cm³/mol. The average Bonchev–Trinajstić information content (AvgIpc) is 2.58. The van der Waals surface area contributed by atoms with Gasteiger partial charge in [-0.05, 0) is 31.7 Å². The van der Waals surface area contributed by atoms with E-state index in [1.54, 1.807) is 0 Å². The molecule has 0 spiro atoms. The van der Waals surface area contributed by atoms with Gasteiger partial charge in [-0.1, -0.05) is 6.08 Å². The van der Waals surface area contributed by atoms with Crippen molar-refractivity contribution in [3.63, 3.8) is 0 Å². The minimum absolute atomic E-state index is 0.635. The summed E-state index contributed by atoms with van der Waals surface area (Å²) < 4.78 is 0. The largest absolute Gasteiger partial charge is 0.357 e. The summed E-state index contributed by atoms with van der Waals surface area (Å²) in [4.78, 5) is 13.8. The quantitative estimate of drug-likeness (QED) is 0.467. The first-order chi connectivity index (χ1) is 11.2. The molecule has 0 aliphatic carbocycles. The third-order valence-corrected chi connectivity index (χ3v) is 3.81. The van der Waals surface area contributed by atoms with Gasteiger partial charge in [-0.15, -0.1) is 6.58 Å². The molecule has 0 atom stereocenters. The number of nitrogens with zero attached hydrogens (tertiary/aromatic N) is 4. The van der Waals surface area contributed by atoms with Gasteiger partial charge in [-0.3, -0.25) is 0 Å². The van der Waals surface area contributed by atoms with Gasteiger partial charge in [0.2, 0.25) is 0 Å². The maximum Gasteiger partial charge on any atom is 0.191 e. The highest BCUT2D eigenvalue weighted by molar-refractivity contribution is 5.79. The van der Waals surface area contributed by atoms with Gasteiger partial charge in [-0.2, -0.15) is 0 Å². The van der Waals surface area contributed by atoms with Crippen LogP contribution in [-0.4, -0.2) is 62.2 Å². The van der Waals surface area contributed by atoms with Crippen molar-refractivity contribution in [3.05, 3.63) is 36.5 Å². The lowest BCUT2D eigenvalue weighted by molar-refractivity contribution is 0.312. The number of anilines is 1. The van der Waals surface area contributed by atoms with Crippen LogP contribution in [0.5, 0.6) is 0 Å². The summed E-state index contributed by atoms with van der Waals surface area (Å²) in [6.07, 6.45) is 3.70. The molecule has 126 valence electrons. The maximum absolute atomic E-state index is 4.61. The van der Waals surface area contributed by atoms with Crippen molar-refractivity contribution in [2.24, 2.45) is 4.99 Å². The molecule has 1 aliphatic rings. The molecular formula is C17H28N6. The summed E-state index contributed by atoms with van der Waals surface area (Å²) in [6, 6.07) is 4.17. The molecule has 23 heavy (non-hydrogen) atoms. The fourth-order valence-corrected chi connectivity index (χ4v) is 2.45. The standard InChI is InChI=1S/C17H28N6/c1-4-7-20-17(18-5-2)21-14-15-6-8-19-16(13-15)23-11-9-22(3)10-12-23/h4,6,8,13H,1,5,7,9-12,14H2,2-3H3,(H2,18,20,21). The molecule has 0 radical (unpaired) electrons. The Bertz CT molecular complexity index is 520. The van der Waals surface area contributed by atoms with E-state index in [1.165, 1.54) is 5.56 Å². The van der Waals surface area contributed by atoms with Crippen LogP contribution < -0.4 is 15.5 Å². The van der Waals surface area contributed by atoms with Crippen molar-refractivity contribution in [1.82, 2.24) is 20.5 Å². The second-order valence-electron chi connectivity index (χ2n) is 5.68. The maximum atomic E-state index is 4.61. The molecule has 6 nitrogen and oxygen atoms in total. The summed E-state index contributed by atoms with van der Waals surface area (Å²) in [5.41, 5.74) is 1.17. The second-order valence-corrected chi connectivity index (χ2v) is 5.68. The number of hydrogen-bond donors (Lipinski definition) is 2.